The first-order valence-corrected chi connectivity index (χ1v) is 13.9. The van der Waals surface area contributed by atoms with Crippen LogP contribution in [0, 0.1) is 17.3 Å². The zero-order valence-electron chi connectivity index (χ0n) is 23.8. The SMILES string of the molecule is C/C(=C\c1ccccn1)[C@H]1OC(=O)C[C@H](O)C(C)(C)C(=O)[C@H](C)[C@@H](O)[C@@H](C)CCC[C@]2(C)CC1N2CCO. The van der Waals surface area contributed by atoms with Crippen molar-refractivity contribution in [3.05, 3.63) is 35.7 Å². The van der Waals surface area contributed by atoms with Crippen LogP contribution in [-0.4, -0.2) is 80.0 Å². The molecule has 4 rings (SSSR count). The van der Waals surface area contributed by atoms with Crippen molar-refractivity contribution in [2.24, 2.45) is 17.3 Å². The Morgan fingerprint density at radius 1 is 1.21 bits per heavy atom. The Bertz CT molecular complexity index is 996. The van der Waals surface area contributed by atoms with Gasteiger partial charge in [0.05, 0.1) is 42.4 Å². The summed E-state index contributed by atoms with van der Waals surface area (Å²) in [5.74, 6) is -1.63. The number of nitrogens with zero attached hydrogens (tertiary/aromatic N) is 2. The smallest absolute Gasteiger partial charge is 0.309 e. The van der Waals surface area contributed by atoms with Crippen molar-refractivity contribution < 1.29 is 29.6 Å². The topological polar surface area (TPSA) is 120 Å². The highest BCUT2D eigenvalue weighted by Gasteiger charge is 2.52. The maximum Gasteiger partial charge on any atom is 0.309 e. The predicted octanol–water partition coefficient (Wildman–Crippen LogP) is 3.39. The number of pyridine rings is 1. The maximum absolute atomic E-state index is 13.3. The normalized spacial score (nSPS) is 35.9. The molecule has 3 N–H and O–H groups in total. The number of carbonyl (C=O) groups excluding carboxylic acids is 2. The van der Waals surface area contributed by atoms with Crippen molar-refractivity contribution in [1.82, 2.24) is 9.88 Å². The molecule has 1 aromatic rings. The molecule has 3 aliphatic heterocycles. The average molecular weight is 531 g/mol. The highest BCUT2D eigenvalue weighted by Crippen LogP contribution is 2.44. The van der Waals surface area contributed by atoms with Crippen LogP contribution in [0.15, 0.2) is 30.0 Å². The van der Waals surface area contributed by atoms with E-state index in [2.05, 4.69) is 16.8 Å². The second-order valence-corrected chi connectivity index (χ2v) is 12.2. The van der Waals surface area contributed by atoms with E-state index < -0.39 is 35.6 Å². The van der Waals surface area contributed by atoms with Gasteiger partial charge in [0.15, 0.2) is 0 Å². The number of hydrogen-bond acceptors (Lipinski definition) is 8. The van der Waals surface area contributed by atoms with E-state index in [-0.39, 0.29) is 36.3 Å². The van der Waals surface area contributed by atoms with Gasteiger partial charge in [0.25, 0.3) is 0 Å². The number of rotatable bonds is 4. The van der Waals surface area contributed by atoms with Crippen molar-refractivity contribution in [3.8, 4) is 0 Å². The molecular formula is C30H46N2O6. The number of aliphatic hydroxyl groups excluding tert-OH is 3. The summed E-state index contributed by atoms with van der Waals surface area (Å²) < 4.78 is 6.04. The molecule has 0 spiro atoms. The highest BCUT2D eigenvalue weighted by molar-refractivity contribution is 5.88. The first-order chi connectivity index (χ1) is 17.8. The van der Waals surface area contributed by atoms with Crippen LogP contribution in [0.2, 0.25) is 0 Å². The molecule has 3 saturated heterocycles. The molecular weight excluding hydrogens is 484 g/mol. The van der Waals surface area contributed by atoms with Crippen molar-refractivity contribution in [3.63, 3.8) is 0 Å². The van der Waals surface area contributed by atoms with E-state index in [4.69, 9.17) is 4.74 Å². The molecule has 0 radical (unpaired) electrons. The van der Waals surface area contributed by atoms with Crippen LogP contribution in [0.25, 0.3) is 6.08 Å². The van der Waals surface area contributed by atoms with E-state index in [0.29, 0.717) is 6.54 Å². The van der Waals surface area contributed by atoms with Crippen molar-refractivity contribution in [1.29, 1.82) is 0 Å². The van der Waals surface area contributed by atoms with Gasteiger partial charge in [-0.1, -0.05) is 40.2 Å². The number of fused-ring (bicyclic) bond motifs is 12. The van der Waals surface area contributed by atoms with E-state index in [1.165, 1.54) is 0 Å². The first kappa shape index (κ1) is 30.4. The fourth-order valence-electron chi connectivity index (χ4n) is 6.25. The van der Waals surface area contributed by atoms with Gasteiger partial charge in [0.2, 0.25) is 0 Å². The van der Waals surface area contributed by atoms with Crippen LogP contribution in [0.1, 0.15) is 79.3 Å². The number of Topliss-reactive ketones (excluding diaryl/α,β-unsaturated/α-hetero) is 1. The number of carbonyl (C=O) groups is 2. The largest absolute Gasteiger partial charge is 0.456 e. The summed E-state index contributed by atoms with van der Waals surface area (Å²) in [4.78, 5) is 33.1. The van der Waals surface area contributed by atoms with E-state index in [9.17, 15) is 24.9 Å². The van der Waals surface area contributed by atoms with Gasteiger partial charge in [-0.3, -0.25) is 19.5 Å². The van der Waals surface area contributed by atoms with Crippen LogP contribution >= 0.6 is 0 Å². The summed E-state index contributed by atoms with van der Waals surface area (Å²) in [6.45, 7) is 11.4. The Labute approximate surface area is 227 Å². The monoisotopic (exact) mass is 530 g/mol. The number of β-amino-alcohol motifs (C(OH)–C–C–N with tert-alkyl or cyclic N) is 1. The fraction of sp³-hybridized carbons (Fsp3) is 0.700. The molecule has 4 heterocycles. The number of ether oxygens (including phenoxy) is 1. The molecule has 212 valence electrons. The molecule has 2 bridgehead atoms. The highest BCUT2D eigenvalue weighted by atomic mass is 16.5. The Balaban J connectivity index is 1.97. The zero-order valence-corrected chi connectivity index (χ0v) is 23.8. The Kier molecular flexibility index (Phi) is 9.90. The van der Waals surface area contributed by atoms with Gasteiger partial charge in [-0.15, -0.1) is 0 Å². The lowest BCUT2D eigenvalue weighted by Gasteiger charge is -2.59. The fourth-order valence-corrected chi connectivity index (χ4v) is 6.25. The molecule has 8 nitrogen and oxygen atoms in total. The Morgan fingerprint density at radius 2 is 1.92 bits per heavy atom. The lowest BCUT2D eigenvalue weighted by atomic mass is 9.71. The van der Waals surface area contributed by atoms with Crippen LogP contribution in [-0.2, 0) is 14.3 Å². The molecule has 7 atom stereocenters. The van der Waals surface area contributed by atoms with Gasteiger partial charge >= 0.3 is 5.97 Å². The molecule has 0 aromatic carbocycles. The van der Waals surface area contributed by atoms with Crippen LogP contribution in [0.3, 0.4) is 0 Å². The molecule has 1 unspecified atom stereocenters. The zero-order chi connectivity index (χ0) is 28.3. The molecule has 0 amide bonds. The van der Waals surface area contributed by atoms with E-state index in [0.717, 1.165) is 37.0 Å². The summed E-state index contributed by atoms with van der Waals surface area (Å²) in [6, 6.07) is 5.47. The minimum Gasteiger partial charge on any atom is -0.456 e. The molecule has 3 fully saturated rings. The van der Waals surface area contributed by atoms with Crippen molar-refractivity contribution >= 4 is 17.8 Å². The minimum atomic E-state index is -1.26. The second-order valence-electron chi connectivity index (χ2n) is 12.2. The number of aliphatic hydroxyl groups is 3. The predicted molar refractivity (Wildman–Crippen MR) is 146 cm³/mol. The molecule has 0 saturated carbocycles. The summed E-state index contributed by atoms with van der Waals surface area (Å²) in [6.07, 6.45) is 3.81. The van der Waals surface area contributed by atoms with Gasteiger partial charge < -0.3 is 20.1 Å². The van der Waals surface area contributed by atoms with E-state index in [1.807, 2.05) is 38.1 Å². The second kappa shape index (κ2) is 12.4. The van der Waals surface area contributed by atoms with Gasteiger partial charge in [0, 0.05) is 24.2 Å². The molecule has 1 aromatic heterocycles. The standard InChI is InChI=1S/C30H46N2O6/c1-19-10-9-12-30(6)18-23(32(30)14-15-33)27(20(2)16-22-11-7-8-13-31-22)38-25(35)17-24(34)29(4,5)28(37)21(3)26(19)36/h7-8,11,13,16,19,21,23-24,26-27,33-34,36H,9-10,12,14-15,17-18H2,1-6H3/b20-16+/t19-,21+,23?,24-,26-,27+,30+/m0/s1. The van der Waals surface area contributed by atoms with Crippen LogP contribution in [0.4, 0.5) is 0 Å². The average Bonchev–Trinajstić information content (AvgIpc) is 2.87. The summed E-state index contributed by atoms with van der Waals surface area (Å²) >= 11 is 0. The molecule has 0 aliphatic carbocycles. The van der Waals surface area contributed by atoms with Gasteiger partial charge in [-0.2, -0.15) is 0 Å². The third-order valence-electron chi connectivity index (χ3n) is 8.92. The quantitative estimate of drug-likeness (QED) is 0.507. The number of hydrogen-bond donors (Lipinski definition) is 3. The van der Waals surface area contributed by atoms with Crippen molar-refractivity contribution in [2.45, 2.75) is 104 Å². The van der Waals surface area contributed by atoms with Crippen LogP contribution < -0.4 is 0 Å². The summed E-state index contributed by atoms with van der Waals surface area (Å²) in [7, 11) is 0. The lowest BCUT2D eigenvalue weighted by molar-refractivity contribution is -0.169. The Morgan fingerprint density at radius 3 is 2.55 bits per heavy atom. The molecule has 8 heteroatoms. The molecule has 3 aliphatic rings. The van der Waals surface area contributed by atoms with Crippen molar-refractivity contribution in [2.75, 3.05) is 13.2 Å². The third-order valence-corrected chi connectivity index (χ3v) is 8.92. The number of esters is 1. The Hall–Kier alpha value is -2.13. The van der Waals surface area contributed by atoms with Crippen LogP contribution in [0.5, 0.6) is 0 Å². The minimum absolute atomic E-state index is 0.0165. The first-order valence-electron chi connectivity index (χ1n) is 13.9. The molecule has 38 heavy (non-hydrogen) atoms. The third kappa shape index (κ3) is 6.53. The van der Waals surface area contributed by atoms with Gasteiger partial charge in [0.1, 0.15) is 11.9 Å². The van der Waals surface area contributed by atoms with E-state index >= 15 is 0 Å². The summed E-state index contributed by atoms with van der Waals surface area (Å²) in [5, 5.41) is 31.8. The summed E-state index contributed by atoms with van der Waals surface area (Å²) in [5.41, 5.74) is 0.150. The van der Waals surface area contributed by atoms with E-state index in [1.54, 1.807) is 27.0 Å². The number of ketones is 1. The van der Waals surface area contributed by atoms with Gasteiger partial charge in [-0.05, 0) is 62.8 Å². The van der Waals surface area contributed by atoms with Gasteiger partial charge in [-0.25, -0.2) is 0 Å². The lowest BCUT2D eigenvalue weighted by Crippen LogP contribution is -2.69. The maximum atomic E-state index is 13.3. The number of aromatic nitrogens is 1.